The molecule has 0 aliphatic heterocycles. The number of rotatable bonds is 8. The predicted molar refractivity (Wildman–Crippen MR) is 109 cm³/mol. The summed E-state index contributed by atoms with van der Waals surface area (Å²) < 4.78 is 5.74. The highest BCUT2D eigenvalue weighted by Gasteiger charge is 2.31. The quantitative estimate of drug-likeness (QED) is 0.531. The van der Waals surface area contributed by atoms with Gasteiger partial charge in [0.15, 0.2) is 0 Å². The number of nitrogens with zero attached hydrogens (tertiary/aromatic N) is 2. The highest BCUT2D eigenvalue weighted by Crippen LogP contribution is 2.28. The second-order valence-corrected chi connectivity index (χ2v) is 7.71. The number of ether oxygens (including phenoxy) is 1. The second kappa shape index (κ2) is 9.01. The Balaban J connectivity index is 2.19. The summed E-state index contributed by atoms with van der Waals surface area (Å²) in [6.45, 7) is 4.25. The zero-order valence-corrected chi connectivity index (χ0v) is 16.8. The van der Waals surface area contributed by atoms with Gasteiger partial charge < -0.3 is 26.0 Å². The molecule has 1 aromatic heterocycles. The summed E-state index contributed by atoms with van der Waals surface area (Å²) in [4.78, 5) is 15.3. The molecule has 2 rings (SSSR count). The largest absolute Gasteiger partial charge is 0.490 e. The molecule has 0 aliphatic rings. The first-order valence-corrected chi connectivity index (χ1v) is 9.08. The fourth-order valence-corrected chi connectivity index (χ4v) is 3.00. The normalized spacial score (nSPS) is 14.9. The molecule has 29 heavy (non-hydrogen) atoms. The SMILES string of the molecule is CC(=O)Nc1cc(-c2ccc(OCC(C)(N)CC(C)(O)CO)c(C#N)c2)ccn1. The van der Waals surface area contributed by atoms with E-state index in [4.69, 9.17) is 10.5 Å². The van der Waals surface area contributed by atoms with E-state index >= 15 is 0 Å². The highest BCUT2D eigenvalue weighted by molar-refractivity contribution is 5.88. The summed E-state index contributed by atoms with van der Waals surface area (Å²) in [5.41, 5.74) is 5.83. The van der Waals surface area contributed by atoms with Gasteiger partial charge in [0.2, 0.25) is 5.91 Å². The summed E-state index contributed by atoms with van der Waals surface area (Å²) in [5.74, 6) is 0.567. The lowest BCUT2D eigenvalue weighted by atomic mass is 9.88. The minimum absolute atomic E-state index is 0.0547. The fraction of sp³-hybridized carbons (Fsp3) is 0.381. The van der Waals surface area contributed by atoms with Crippen LogP contribution in [0.5, 0.6) is 5.75 Å². The molecule has 5 N–H and O–H groups in total. The van der Waals surface area contributed by atoms with Gasteiger partial charge in [0.25, 0.3) is 0 Å². The zero-order chi connectivity index (χ0) is 21.7. The van der Waals surface area contributed by atoms with Gasteiger partial charge in [0.1, 0.15) is 24.2 Å². The van der Waals surface area contributed by atoms with Crippen LogP contribution in [0.2, 0.25) is 0 Å². The van der Waals surface area contributed by atoms with Gasteiger partial charge in [-0.3, -0.25) is 4.79 Å². The third-order valence-corrected chi connectivity index (χ3v) is 4.18. The topological polar surface area (TPSA) is 141 Å². The molecule has 8 nitrogen and oxygen atoms in total. The molecule has 2 aromatic rings. The summed E-state index contributed by atoms with van der Waals surface area (Å²) in [7, 11) is 0. The number of aromatic nitrogens is 1. The monoisotopic (exact) mass is 398 g/mol. The van der Waals surface area contributed by atoms with E-state index < -0.39 is 17.7 Å². The lowest BCUT2D eigenvalue weighted by Crippen LogP contribution is -2.50. The Hall–Kier alpha value is -2.99. The molecule has 154 valence electrons. The fourth-order valence-electron chi connectivity index (χ4n) is 3.00. The molecule has 0 saturated heterocycles. The van der Waals surface area contributed by atoms with E-state index in [1.807, 2.05) is 0 Å². The Morgan fingerprint density at radius 2 is 2.00 bits per heavy atom. The minimum atomic E-state index is -1.32. The first-order chi connectivity index (χ1) is 13.5. The van der Waals surface area contributed by atoms with E-state index in [1.165, 1.54) is 13.8 Å². The van der Waals surface area contributed by atoms with Crippen molar-refractivity contribution in [3.8, 4) is 22.9 Å². The van der Waals surface area contributed by atoms with E-state index in [1.54, 1.807) is 43.5 Å². The third-order valence-electron chi connectivity index (χ3n) is 4.18. The molecule has 2 atom stereocenters. The number of pyridine rings is 1. The van der Waals surface area contributed by atoms with Crippen LogP contribution >= 0.6 is 0 Å². The number of nitrogens with one attached hydrogen (secondary N) is 1. The maximum atomic E-state index is 11.2. The smallest absolute Gasteiger partial charge is 0.222 e. The summed E-state index contributed by atoms with van der Waals surface area (Å²) >= 11 is 0. The first-order valence-electron chi connectivity index (χ1n) is 9.08. The van der Waals surface area contributed by atoms with Crippen LogP contribution in [0.25, 0.3) is 11.1 Å². The number of hydrogen-bond donors (Lipinski definition) is 4. The number of anilines is 1. The van der Waals surface area contributed by atoms with Crippen LogP contribution in [0.4, 0.5) is 5.82 Å². The Morgan fingerprint density at radius 1 is 1.31 bits per heavy atom. The number of nitriles is 1. The van der Waals surface area contributed by atoms with Crippen molar-refractivity contribution in [1.82, 2.24) is 4.98 Å². The predicted octanol–water partition coefficient (Wildman–Crippen LogP) is 1.81. The molecule has 0 bridgehead atoms. The van der Waals surface area contributed by atoms with E-state index in [0.717, 1.165) is 11.1 Å². The van der Waals surface area contributed by atoms with Crippen LogP contribution in [0.1, 0.15) is 32.8 Å². The Morgan fingerprint density at radius 3 is 2.62 bits per heavy atom. The van der Waals surface area contributed by atoms with Gasteiger partial charge in [-0.25, -0.2) is 4.98 Å². The molecule has 1 amide bonds. The van der Waals surface area contributed by atoms with Gasteiger partial charge in [-0.2, -0.15) is 5.26 Å². The maximum Gasteiger partial charge on any atom is 0.222 e. The molecule has 2 unspecified atom stereocenters. The van der Waals surface area contributed by atoms with E-state index in [2.05, 4.69) is 16.4 Å². The lowest BCUT2D eigenvalue weighted by molar-refractivity contribution is -0.114. The number of hydrogen-bond acceptors (Lipinski definition) is 7. The van der Waals surface area contributed by atoms with Crippen LogP contribution in [0.3, 0.4) is 0 Å². The minimum Gasteiger partial charge on any atom is -0.490 e. The van der Waals surface area contributed by atoms with E-state index in [0.29, 0.717) is 17.1 Å². The van der Waals surface area contributed by atoms with Gasteiger partial charge in [0, 0.05) is 18.7 Å². The van der Waals surface area contributed by atoms with Crippen LogP contribution in [-0.4, -0.2) is 45.5 Å². The molecule has 0 fully saturated rings. The molecule has 0 saturated carbocycles. The third kappa shape index (κ3) is 6.54. The molecule has 0 spiro atoms. The number of benzene rings is 1. The lowest BCUT2D eigenvalue weighted by Gasteiger charge is -2.32. The summed E-state index contributed by atoms with van der Waals surface area (Å²) in [6, 6.07) is 10.7. The highest BCUT2D eigenvalue weighted by atomic mass is 16.5. The van der Waals surface area contributed by atoms with Gasteiger partial charge >= 0.3 is 0 Å². The van der Waals surface area contributed by atoms with Gasteiger partial charge in [-0.15, -0.1) is 0 Å². The Bertz CT molecular complexity index is 919. The van der Waals surface area contributed by atoms with Crippen molar-refractivity contribution in [3.05, 3.63) is 42.1 Å². The molecule has 1 aromatic carbocycles. The van der Waals surface area contributed by atoms with Crippen molar-refractivity contribution in [2.45, 2.75) is 38.3 Å². The number of carbonyl (C=O) groups excluding carboxylic acids is 1. The Labute approximate surface area is 170 Å². The number of aliphatic hydroxyl groups excluding tert-OH is 1. The van der Waals surface area contributed by atoms with Crippen molar-refractivity contribution < 1.29 is 19.7 Å². The van der Waals surface area contributed by atoms with Gasteiger partial charge in [-0.1, -0.05) is 6.07 Å². The van der Waals surface area contributed by atoms with Crippen molar-refractivity contribution in [2.24, 2.45) is 5.73 Å². The number of aliphatic hydroxyl groups is 2. The van der Waals surface area contributed by atoms with Crippen LogP contribution < -0.4 is 15.8 Å². The number of carbonyl (C=O) groups is 1. The van der Waals surface area contributed by atoms with Crippen molar-refractivity contribution in [1.29, 1.82) is 5.26 Å². The van der Waals surface area contributed by atoms with Crippen LogP contribution in [0, 0.1) is 11.3 Å². The second-order valence-electron chi connectivity index (χ2n) is 7.71. The van der Waals surface area contributed by atoms with Crippen LogP contribution in [0.15, 0.2) is 36.5 Å². The van der Waals surface area contributed by atoms with Gasteiger partial charge in [0.05, 0.1) is 17.8 Å². The molecule has 8 heteroatoms. The van der Waals surface area contributed by atoms with Gasteiger partial charge in [-0.05, 0) is 55.7 Å². The maximum absolute atomic E-state index is 11.2. The first kappa shape index (κ1) is 22.3. The van der Waals surface area contributed by atoms with Crippen LogP contribution in [-0.2, 0) is 4.79 Å². The average molecular weight is 398 g/mol. The molecule has 0 aliphatic carbocycles. The van der Waals surface area contributed by atoms with E-state index in [9.17, 15) is 20.3 Å². The molecular formula is C21H26N4O4. The average Bonchev–Trinajstić information content (AvgIpc) is 2.65. The zero-order valence-electron chi connectivity index (χ0n) is 16.8. The van der Waals surface area contributed by atoms with Crippen molar-refractivity contribution >= 4 is 11.7 Å². The van der Waals surface area contributed by atoms with Crippen molar-refractivity contribution in [3.63, 3.8) is 0 Å². The number of nitrogens with two attached hydrogens (primary N) is 1. The molecule has 1 heterocycles. The van der Waals surface area contributed by atoms with Crippen molar-refractivity contribution in [2.75, 3.05) is 18.5 Å². The molecular weight excluding hydrogens is 372 g/mol. The standard InChI is InChI=1S/C21H26N4O4/c1-14(27)25-19-9-16(6-7-24-19)15-4-5-18(17(8-15)10-22)29-13-20(2,23)11-21(3,28)12-26/h4-9,26,28H,11-13,23H2,1-3H3,(H,24,25,27). The summed E-state index contributed by atoms with van der Waals surface area (Å²) in [6.07, 6.45) is 1.70. The summed E-state index contributed by atoms with van der Waals surface area (Å²) in [5, 5.41) is 31.4. The Kier molecular flexibility index (Phi) is 6.93. The number of amides is 1. The van der Waals surface area contributed by atoms with E-state index in [-0.39, 0.29) is 18.9 Å². The molecule has 0 radical (unpaired) electrons.